The van der Waals surface area contributed by atoms with Crippen molar-refractivity contribution in [3.8, 4) is 11.1 Å². The highest BCUT2D eigenvalue weighted by molar-refractivity contribution is 7.89. The molecule has 0 unspecified atom stereocenters. The lowest BCUT2D eigenvalue weighted by Gasteiger charge is -2.18. The summed E-state index contributed by atoms with van der Waals surface area (Å²) >= 11 is 0. The van der Waals surface area contributed by atoms with Gasteiger partial charge in [-0.1, -0.05) is 37.8 Å². The molecule has 2 aliphatic rings. The second-order valence-electron chi connectivity index (χ2n) is 8.45. The van der Waals surface area contributed by atoms with Crippen LogP contribution in [0.3, 0.4) is 0 Å². The highest BCUT2D eigenvalue weighted by Gasteiger charge is 2.28. The van der Waals surface area contributed by atoms with E-state index in [9.17, 15) is 18.0 Å². The first-order chi connectivity index (χ1) is 14.8. The van der Waals surface area contributed by atoms with Crippen molar-refractivity contribution in [1.29, 1.82) is 0 Å². The number of rotatable bonds is 4. The van der Waals surface area contributed by atoms with Crippen LogP contribution in [0.1, 0.15) is 67.4 Å². The van der Waals surface area contributed by atoms with Crippen molar-refractivity contribution in [2.45, 2.75) is 76.2 Å². The van der Waals surface area contributed by atoms with E-state index in [2.05, 4.69) is 15.1 Å². The Bertz CT molecular complexity index is 1130. The molecule has 2 aromatic rings. The van der Waals surface area contributed by atoms with Gasteiger partial charge in [0.05, 0.1) is 10.6 Å². The minimum absolute atomic E-state index is 0.0541. The maximum Gasteiger partial charge on any atom is 0.249 e. The zero-order valence-corrected chi connectivity index (χ0v) is 18.7. The molecule has 0 saturated heterocycles. The van der Waals surface area contributed by atoms with Gasteiger partial charge < -0.3 is 5.32 Å². The van der Waals surface area contributed by atoms with Gasteiger partial charge in [0, 0.05) is 24.4 Å². The van der Waals surface area contributed by atoms with Gasteiger partial charge in [-0.3, -0.25) is 9.59 Å². The van der Waals surface area contributed by atoms with Gasteiger partial charge in [0.15, 0.2) is 0 Å². The van der Waals surface area contributed by atoms with E-state index in [1.807, 2.05) is 0 Å². The molecular weight excluding hydrogens is 416 g/mol. The number of amides is 1. The zero-order valence-electron chi connectivity index (χ0n) is 17.9. The summed E-state index contributed by atoms with van der Waals surface area (Å²) in [6.07, 6.45) is 6.22. The number of sulfonamides is 1. The van der Waals surface area contributed by atoms with Crippen molar-refractivity contribution in [2.24, 2.45) is 0 Å². The van der Waals surface area contributed by atoms with E-state index in [0.29, 0.717) is 28.2 Å². The Morgan fingerprint density at radius 2 is 1.77 bits per heavy atom. The van der Waals surface area contributed by atoms with Crippen LogP contribution in [0.15, 0.2) is 23.1 Å². The smallest absolute Gasteiger partial charge is 0.249 e. The van der Waals surface area contributed by atoms with E-state index < -0.39 is 10.0 Å². The Hall–Kier alpha value is -2.52. The summed E-state index contributed by atoms with van der Waals surface area (Å²) in [5, 5.41) is 7.07. The Labute approximate surface area is 182 Å². The van der Waals surface area contributed by atoms with Gasteiger partial charge in [0.25, 0.3) is 0 Å². The molecule has 1 aromatic carbocycles. The third kappa shape index (κ3) is 4.43. The van der Waals surface area contributed by atoms with Crippen molar-refractivity contribution in [1.82, 2.24) is 14.5 Å². The van der Waals surface area contributed by atoms with Crippen LogP contribution in [0, 0.1) is 13.8 Å². The quantitative estimate of drug-likeness (QED) is 0.701. The first kappa shape index (κ1) is 21.7. The molecule has 0 spiro atoms. The summed E-state index contributed by atoms with van der Waals surface area (Å²) in [6, 6.07) is 5.11. The molecule has 4 rings (SSSR count). The van der Waals surface area contributed by atoms with Crippen LogP contribution in [0.5, 0.6) is 0 Å². The van der Waals surface area contributed by atoms with Crippen molar-refractivity contribution in [3.05, 3.63) is 29.5 Å². The number of aromatic nitrogens is 2. The minimum Gasteiger partial charge on any atom is -0.310 e. The van der Waals surface area contributed by atoms with Crippen molar-refractivity contribution >= 4 is 27.7 Å². The second-order valence-corrected chi connectivity index (χ2v) is 10.1. The number of hydrogen-bond acceptors (Lipinski definition) is 5. The van der Waals surface area contributed by atoms with Crippen molar-refractivity contribution in [2.75, 3.05) is 5.32 Å². The average Bonchev–Trinajstić information content (AvgIpc) is 2.86. The first-order valence-corrected chi connectivity index (χ1v) is 12.3. The molecule has 0 bridgehead atoms. The summed E-state index contributed by atoms with van der Waals surface area (Å²) < 4.78 is 30.6. The summed E-state index contributed by atoms with van der Waals surface area (Å²) in [4.78, 5) is 24.7. The third-order valence-corrected chi connectivity index (χ3v) is 7.73. The summed E-state index contributed by atoms with van der Waals surface area (Å²) in [5.74, 6) is -0.227. The Morgan fingerprint density at radius 3 is 2.48 bits per heavy atom. The largest absolute Gasteiger partial charge is 0.310 e. The zero-order chi connectivity index (χ0) is 22.2. The third-order valence-electron chi connectivity index (χ3n) is 6.06. The number of hydrogen-bond donors (Lipinski definition) is 2. The number of aryl methyl sites for hydroxylation is 2. The average molecular weight is 445 g/mol. The topological polar surface area (TPSA) is 110 Å². The summed E-state index contributed by atoms with van der Waals surface area (Å²) in [7, 11) is -3.71. The van der Waals surface area contributed by atoms with E-state index in [1.54, 1.807) is 32.0 Å². The first-order valence-electron chi connectivity index (χ1n) is 10.8. The van der Waals surface area contributed by atoms with Crippen LogP contribution in [0.25, 0.3) is 11.1 Å². The van der Waals surface area contributed by atoms with Crippen LogP contribution >= 0.6 is 0 Å². The number of nitrogens with zero attached hydrogens (tertiary/aromatic N) is 2. The van der Waals surface area contributed by atoms with Gasteiger partial charge in [0.1, 0.15) is 5.82 Å². The van der Waals surface area contributed by atoms with Gasteiger partial charge >= 0.3 is 0 Å². The lowest BCUT2D eigenvalue weighted by molar-refractivity contribution is -0.116. The van der Waals surface area contributed by atoms with Gasteiger partial charge in [-0.15, -0.1) is 0 Å². The van der Waals surface area contributed by atoms with E-state index in [4.69, 9.17) is 0 Å². The molecule has 1 saturated carbocycles. The fourth-order valence-corrected chi connectivity index (χ4v) is 5.99. The standard InChI is InChI=1S/C22H28N4O4S/c1-14-9-10-16(13-18(14)31(29,30)25-17-7-5-3-4-6-8-17)21-15(2)24-26-20(28)12-11-19(27)23-22(21)26/h9-10,13,17,25H,3-8,11-12H2,1-2H3,(H,23,27). The number of carbonyl (C=O) groups excluding carboxylic acids is 2. The molecule has 166 valence electrons. The Kier molecular flexibility index (Phi) is 5.98. The van der Waals surface area contributed by atoms with Gasteiger partial charge in [-0.05, 0) is 43.9 Å². The van der Waals surface area contributed by atoms with Gasteiger partial charge in [0.2, 0.25) is 21.8 Å². The van der Waals surface area contributed by atoms with E-state index in [1.165, 1.54) is 4.68 Å². The van der Waals surface area contributed by atoms with E-state index >= 15 is 0 Å². The predicted molar refractivity (Wildman–Crippen MR) is 117 cm³/mol. The maximum absolute atomic E-state index is 13.2. The van der Waals surface area contributed by atoms with Crippen LogP contribution in [-0.2, 0) is 14.8 Å². The molecule has 9 heteroatoms. The fraction of sp³-hybridized carbons (Fsp3) is 0.500. The fourth-order valence-electron chi connectivity index (χ4n) is 4.41. The van der Waals surface area contributed by atoms with Gasteiger partial charge in [-0.2, -0.15) is 9.78 Å². The van der Waals surface area contributed by atoms with E-state index in [-0.39, 0.29) is 35.6 Å². The molecule has 2 heterocycles. The molecule has 1 aliphatic heterocycles. The van der Waals surface area contributed by atoms with Crippen LogP contribution in [0.2, 0.25) is 0 Å². The maximum atomic E-state index is 13.2. The lowest BCUT2D eigenvalue weighted by atomic mass is 10.0. The molecule has 1 aliphatic carbocycles. The molecule has 0 atom stereocenters. The number of fused-ring (bicyclic) bond motifs is 1. The predicted octanol–water partition coefficient (Wildman–Crippen LogP) is 3.54. The normalized spacial score (nSPS) is 18.3. The highest BCUT2D eigenvalue weighted by atomic mass is 32.2. The molecule has 0 radical (unpaired) electrons. The minimum atomic E-state index is -3.71. The summed E-state index contributed by atoms with van der Waals surface area (Å²) in [5.41, 5.74) is 2.35. The lowest BCUT2D eigenvalue weighted by Crippen LogP contribution is -2.34. The number of nitrogens with one attached hydrogen (secondary N) is 2. The van der Waals surface area contributed by atoms with E-state index in [0.717, 1.165) is 38.5 Å². The summed E-state index contributed by atoms with van der Waals surface area (Å²) in [6.45, 7) is 3.51. The molecule has 8 nitrogen and oxygen atoms in total. The number of anilines is 1. The molecular formula is C22H28N4O4S. The monoisotopic (exact) mass is 444 g/mol. The number of carbonyl (C=O) groups is 2. The SMILES string of the molecule is Cc1ccc(-c2c(C)nn3c2NC(=O)CCC3=O)cc1S(=O)(=O)NC1CCCCCC1. The van der Waals surface area contributed by atoms with Crippen molar-refractivity contribution in [3.63, 3.8) is 0 Å². The molecule has 1 aromatic heterocycles. The molecule has 1 fully saturated rings. The van der Waals surface area contributed by atoms with Gasteiger partial charge in [-0.25, -0.2) is 13.1 Å². The number of benzene rings is 1. The molecule has 2 N–H and O–H groups in total. The van der Waals surface area contributed by atoms with Crippen LogP contribution in [0.4, 0.5) is 5.82 Å². The molecule has 1 amide bonds. The van der Waals surface area contributed by atoms with Crippen molar-refractivity contribution < 1.29 is 18.0 Å². The van der Waals surface area contributed by atoms with Crippen LogP contribution in [-0.4, -0.2) is 36.1 Å². The highest BCUT2D eigenvalue weighted by Crippen LogP contribution is 2.35. The van der Waals surface area contributed by atoms with Crippen LogP contribution < -0.4 is 10.0 Å². The Morgan fingerprint density at radius 1 is 1.06 bits per heavy atom. The second kappa shape index (κ2) is 8.55. The molecule has 31 heavy (non-hydrogen) atoms. The Balaban J connectivity index is 1.74.